The number of methoxy groups -OCH3 is 1. The highest BCUT2D eigenvalue weighted by atomic mass is 16.5. The Hall–Kier alpha value is -0.200. The molecule has 0 aliphatic heterocycles. The van der Waals surface area contributed by atoms with Crippen molar-refractivity contribution >= 4 is 0 Å². The molecule has 0 radical (unpaired) electrons. The lowest BCUT2D eigenvalue weighted by atomic mass is 10.0. The lowest BCUT2D eigenvalue weighted by Gasteiger charge is -2.24. The molecule has 2 atom stereocenters. The first kappa shape index (κ1) is 15.9. The summed E-state index contributed by atoms with van der Waals surface area (Å²) in [6.07, 6.45) is 3.78. The fraction of sp³-hybridized carbons (Fsp3) is 1.00. The quantitative estimate of drug-likeness (QED) is 0.638. The van der Waals surface area contributed by atoms with Gasteiger partial charge in [-0.2, -0.15) is 0 Å². The zero-order valence-electron chi connectivity index (χ0n) is 11.6. The number of aliphatic hydroxyl groups is 1. The smallest absolute Gasteiger partial charge is 0.101 e. The minimum absolute atomic E-state index is 0.0136. The van der Waals surface area contributed by atoms with Gasteiger partial charge in [0.2, 0.25) is 0 Å². The Labute approximate surface area is 110 Å². The van der Waals surface area contributed by atoms with E-state index in [1.165, 1.54) is 12.8 Å². The maximum absolute atomic E-state index is 9.69. The molecule has 0 aromatic carbocycles. The molecule has 108 valence electrons. The van der Waals surface area contributed by atoms with Crippen LogP contribution in [-0.4, -0.2) is 56.4 Å². The fourth-order valence-corrected chi connectivity index (χ4v) is 2.23. The summed E-state index contributed by atoms with van der Waals surface area (Å²) in [6, 6.07) is 0. The third-order valence-electron chi connectivity index (χ3n) is 3.27. The van der Waals surface area contributed by atoms with E-state index in [0.717, 1.165) is 12.8 Å². The van der Waals surface area contributed by atoms with E-state index in [4.69, 9.17) is 19.9 Å². The number of hydrogen-bond donors (Lipinski definition) is 2. The van der Waals surface area contributed by atoms with Crippen LogP contribution in [0.2, 0.25) is 0 Å². The summed E-state index contributed by atoms with van der Waals surface area (Å²) in [5, 5.41) is 9.69. The lowest BCUT2D eigenvalue weighted by Crippen LogP contribution is -2.42. The van der Waals surface area contributed by atoms with E-state index in [1.54, 1.807) is 7.11 Å². The molecule has 3 N–H and O–H groups in total. The molecule has 1 aliphatic carbocycles. The number of rotatable bonds is 9. The first-order valence-corrected chi connectivity index (χ1v) is 6.71. The third kappa shape index (κ3) is 6.11. The second kappa shape index (κ2) is 8.07. The van der Waals surface area contributed by atoms with Crippen LogP contribution >= 0.6 is 0 Å². The van der Waals surface area contributed by atoms with Crippen molar-refractivity contribution in [2.75, 3.05) is 33.5 Å². The second-order valence-corrected chi connectivity index (χ2v) is 5.34. The molecule has 0 aromatic rings. The van der Waals surface area contributed by atoms with Crippen molar-refractivity contribution in [1.82, 2.24) is 0 Å². The Bertz CT molecular complexity index is 219. The Morgan fingerprint density at radius 2 is 1.89 bits per heavy atom. The van der Waals surface area contributed by atoms with Crippen molar-refractivity contribution < 1.29 is 19.3 Å². The van der Waals surface area contributed by atoms with Gasteiger partial charge in [-0.3, -0.25) is 0 Å². The largest absolute Gasteiger partial charge is 0.388 e. The van der Waals surface area contributed by atoms with E-state index in [2.05, 4.69) is 0 Å². The van der Waals surface area contributed by atoms with E-state index in [9.17, 15) is 5.11 Å². The van der Waals surface area contributed by atoms with Crippen molar-refractivity contribution in [3.05, 3.63) is 0 Å². The molecule has 5 nitrogen and oxygen atoms in total. The summed E-state index contributed by atoms with van der Waals surface area (Å²) in [5.41, 5.74) is 5.98. The molecule has 1 fully saturated rings. The molecule has 0 spiro atoms. The van der Waals surface area contributed by atoms with Crippen LogP contribution < -0.4 is 5.73 Å². The van der Waals surface area contributed by atoms with Crippen LogP contribution in [0.5, 0.6) is 0 Å². The molecular weight excluding hydrogens is 234 g/mol. The minimum Gasteiger partial charge on any atom is -0.388 e. The summed E-state index contributed by atoms with van der Waals surface area (Å²) < 4.78 is 15.8. The molecule has 1 rings (SSSR count). The van der Waals surface area contributed by atoms with Gasteiger partial charge in [0, 0.05) is 12.6 Å². The maximum Gasteiger partial charge on any atom is 0.101 e. The second-order valence-electron chi connectivity index (χ2n) is 5.34. The van der Waals surface area contributed by atoms with Crippen LogP contribution in [0.4, 0.5) is 0 Å². The average Bonchev–Trinajstić information content (AvgIpc) is 2.74. The van der Waals surface area contributed by atoms with E-state index in [1.807, 2.05) is 6.92 Å². The predicted octanol–water partition coefficient (Wildman–Crippen LogP) is 0.687. The van der Waals surface area contributed by atoms with Gasteiger partial charge in [0.05, 0.1) is 32.5 Å². The summed E-state index contributed by atoms with van der Waals surface area (Å²) in [6.45, 7) is 3.50. The molecule has 0 saturated heterocycles. The Kier molecular flexibility index (Phi) is 7.11. The van der Waals surface area contributed by atoms with E-state index < -0.39 is 6.10 Å². The standard InChI is InChI=1S/C13H27NO4/c1-11(7-16-2)18-9-12(15)8-17-10-13(14)5-3-4-6-13/h11-12,15H,3-10,14H2,1-2H3. The van der Waals surface area contributed by atoms with Crippen LogP contribution in [0, 0.1) is 0 Å². The molecule has 0 heterocycles. The Balaban J connectivity index is 2.04. The van der Waals surface area contributed by atoms with Crippen molar-refractivity contribution in [1.29, 1.82) is 0 Å². The topological polar surface area (TPSA) is 73.9 Å². The van der Waals surface area contributed by atoms with Gasteiger partial charge in [-0.1, -0.05) is 12.8 Å². The number of hydrogen-bond acceptors (Lipinski definition) is 5. The first-order valence-electron chi connectivity index (χ1n) is 6.71. The maximum atomic E-state index is 9.69. The van der Waals surface area contributed by atoms with Crippen molar-refractivity contribution in [3.63, 3.8) is 0 Å². The van der Waals surface area contributed by atoms with Crippen LogP contribution in [0.15, 0.2) is 0 Å². The molecule has 0 aromatic heterocycles. The molecule has 0 amide bonds. The van der Waals surface area contributed by atoms with Gasteiger partial charge in [0.25, 0.3) is 0 Å². The van der Waals surface area contributed by atoms with E-state index >= 15 is 0 Å². The minimum atomic E-state index is -0.602. The van der Waals surface area contributed by atoms with Gasteiger partial charge in [-0.05, 0) is 19.8 Å². The molecule has 18 heavy (non-hydrogen) atoms. The highest BCUT2D eigenvalue weighted by Crippen LogP contribution is 2.27. The normalized spacial score (nSPS) is 22.0. The van der Waals surface area contributed by atoms with E-state index in [-0.39, 0.29) is 24.9 Å². The molecule has 1 aliphatic rings. The van der Waals surface area contributed by atoms with Crippen LogP contribution in [0.3, 0.4) is 0 Å². The highest BCUT2D eigenvalue weighted by Gasteiger charge is 2.29. The third-order valence-corrected chi connectivity index (χ3v) is 3.27. The van der Waals surface area contributed by atoms with Gasteiger partial charge in [-0.25, -0.2) is 0 Å². The summed E-state index contributed by atoms with van der Waals surface area (Å²) in [4.78, 5) is 0. The van der Waals surface area contributed by atoms with Gasteiger partial charge < -0.3 is 25.1 Å². The van der Waals surface area contributed by atoms with E-state index in [0.29, 0.717) is 13.2 Å². The monoisotopic (exact) mass is 261 g/mol. The van der Waals surface area contributed by atoms with Crippen molar-refractivity contribution in [2.45, 2.75) is 50.4 Å². The molecule has 5 heteroatoms. The number of aliphatic hydroxyl groups excluding tert-OH is 1. The zero-order valence-corrected chi connectivity index (χ0v) is 11.6. The number of ether oxygens (including phenoxy) is 3. The van der Waals surface area contributed by atoms with Crippen LogP contribution in [0.25, 0.3) is 0 Å². The first-order chi connectivity index (χ1) is 8.56. The highest BCUT2D eigenvalue weighted by molar-refractivity contribution is 4.88. The van der Waals surface area contributed by atoms with Gasteiger partial charge in [0.1, 0.15) is 6.10 Å². The van der Waals surface area contributed by atoms with Crippen LogP contribution in [0.1, 0.15) is 32.6 Å². The average molecular weight is 261 g/mol. The summed E-state index contributed by atoms with van der Waals surface area (Å²) in [7, 11) is 1.63. The van der Waals surface area contributed by atoms with Gasteiger partial charge >= 0.3 is 0 Å². The molecule has 1 saturated carbocycles. The predicted molar refractivity (Wildman–Crippen MR) is 69.5 cm³/mol. The van der Waals surface area contributed by atoms with Gasteiger partial charge in [0.15, 0.2) is 0 Å². The Morgan fingerprint density at radius 1 is 1.22 bits per heavy atom. The van der Waals surface area contributed by atoms with Crippen molar-refractivity contribution in [3.8, 4) is 0 Å². The summed E-state index contributed by atoms with van der Waals surface area (Å²) in [5.74, 6) is 0. The summed E-state index contributed by atoms with van der Waals surface area (Å²) >= 11 is 0. The lowest BCUT2D eigenvalue weighted by molar-refractivity contribution is -0.0612. The molecular formula is C13H27NO4. The van der Waals surface area contributed by atoms with Crippen LogP contribution in [-0.2, 0) is 14.2 Å². The van der Waals surface area contributed by atoms with Gasteiger partial charge in [-0.15, -0.1) is 0 Å². The number of nitrogens with two attached hydrogens (primary N) is 1. The zero-order chi connectivity index (χ0) is 13.4. The fourth-order valence-electron chi connectivity index (χ4n) is 2.23. The van der Waals surface area contributed by atoms with Crippen molar-refractivity contribution in [2.24, 2.45) is 5.73 Å². The molecule has 0 bridgehead atoms. The SMILES string of the molecule is COCC(C)OCC(O)COCC1(N)CCCC1. The molecule has 2 unspecified atom stereocenters. The Morgan fingerprint density at radius 3 is 2.50 bits per heavy atom.